The first-order valence-electron chi connectivity index (χ1n) is 4.89. The van der Waals surface area contributed by atoms with E-state index in [1.54, 1.807) is 0 Å². The molecule has 2 nitrogen and oxygen atoms in total. The molecule has 1 aromatic carbocycles. The summed E-state index contributed by atoms with van der Waals surface area (Å²) in [6.07, 6.45) is 2.04. The van der Waals surface area contributed by atoms with E-state index >= 15 is 0 Å². The SMILES string of the molecule is Cc1cc(C)c2ccn(CCO)c2c1. The number of nitrogens with zero attached hydrogens (tertiary/aromatic N) is 1. The molecule has 1 heterocycles. The predicted molar refractivity (Wildman–Crippen MR) is 58.5 cm³/mol. The molecule has 74 valence electrons. The molecule has 0 aliphatic heterocycles. The van der Waals surface area contributed by atoms with Gasteiger partial charge in [0.2, 0.25) is 0 Å². The van der Waals surface area contributed by atoms with Crippen LogP contribution in [0.5, 0.6) is 0 Å². The first kappa shape index (κ1) is 9.28. The highest BCUT2D eigenvalue weighted by Gasteiger charge is 2.03. The van der Waals surface area contributed by atoms with Crippen LogP contribution in [0.4, 0.5) is 0 Å². The number of aryl methyl sites for hydroxylation is 2. The van der Waals surface area contributed by atoms with E-state index in [1.165, 1.54) is 22.0 Å². The number of fused-ring (bicyclic) bond motifs is 1. The molecule has 0 saturated heterocycles. The molecule has 0 amide bonds. The van der Waals surface area contributed by atoms with Crippen molar-refractivity contribution < 1.29 is 5.11 Å². The third-order valence-electron chi connectivity index (χ3n) is 2.58. The molecule has 0 bridgehead atoms. The van der Waals surface area contributed by atoms with Crippen LogP contribution < -0.4 is 0 Å². The summed E-state index contributed by atoms with van der Waals surface area (Å²) in [5.74, 6) is 0. The molecule has 0 unspecified atom stereocenters. The Morgan fingerprint density at radius 3 is 2.79 bits per heavy atom. The normalized spacial score (nSPS) is 11.1. The second kappa shape index (κ2) is 3.46. The highest BCUT2D eigenvalue weighted by atomic mass is 16.3. The Kier molecular flexibility index (Phi) is 2.30. The molecule has 0 fully saturated rings. The molecule has 2 aromatic rings. The Balaban J connectivity index is 2.66. The fraction of sp³-hybridized carbons (Fsp3) is 0.333. The molecule has 1 N–H and O–H groups in total. The second-order valence-corrected chi connectivity index (χ2v) is 3.75. The Morgan fingerprint density at radius 2 is 2.07 bits per heavy atom. The number of hydrogen-bond donors (Lipinski definition) is 1. The van der Waals surface area contributed by atoms with Crippen LogP contribution in [0.3, 0.4) is 0 Å². The molecule has 2 rings (SSSR count). The summed E-state index contributed by atoms with van der Waals surface area (Å²) in [5.41, 5.74) is 3.79. The molecule has 1 aromatic heterocycles. The summed E-state index contributed by atoms with van der Waals surface area (Å²) in [7, 11) is 0. The summed E-state index contributed by atoms with van der Waals surface area (Å²) in [6, 6.07) is 6.46. The molecule has 2 heteroatoms. The van der Waals surface area contributed by atoms with Crippen molar-refractivity contribution in [1.29, 1.82) is 0 Å². The van der Waals surface area contributed by atoms with E-state index < -0.39 is 0 Å². The van der Waals surface area contributed by atoms with Gasteiger partial charge >= 0.3 is 0 Å². The lowest BCUT2D eigenvalue weighted by atomic mass is 10.1. The van der Waals surface area contributed by atoms with Crippen LogP contribution in [0.15, 0.2) is 24.4 Å². The van der Waals surface area contributed by atoms with Crippen molar-refractivity contribution in [3.8, 4) is 0 Å². The first-order valence-corrected chi connectivity index (χ1v) is 4.89. The zero-order chi connectivity index (χ0) is 10.1. The van der Waals surface area contributed by atoms with Gasteiger partial charge in [-0.05, 0) is 37.1 Å². The minimum Gasteiger partial charge on any atom is -0.395 e. The van der Waals surface area contributed by atoms with Crippen LogP contribution in [-0.4, -0.2) is 16.3 Å². The van der Waals surface area contributed by atoms with Crippen LogP contribution in [0.1, 0.15) is 11.1 Å². The average Bonchev–Trinajstić information content (AvgIpc) is 2.49. The Hall–Kier alpha value is -1.28. The maximum Gasteiger partial charge on any atom is 0.0610 e. The topological polar surface area (TPSA) is 25.2 Å². The van der Waals surface area contributed by atoms with Crippen molar-refractivity contribution in [2.24, 2.45) is 0 Å². The number of benzene rings is 1. The van der Waals surface area contributed by atoms with Crippen LogP contribution in [0.2, 0.25) is 0 Å². The van der Waals surface area contributed by atoms with E-state index in [4.69, 9.17) is 5.11 Å². The molecule has 0 radical (unpaired) electrons. The quantitative estimate of drug-likeness (QED) is 0.770. The minimum absolute atomic E-state index is 0.191. The number of aliphatic hydroxyl groups excluding tert-OH is 1. The third kappa shape index (κ3) is 1.42. The van der Waals surface area contributed by atoms with Gasteiger partial charge in [0, 0.05) is 23.6 Å². The fourth-order valence-electron chi connectivity index (χ4n) is 1.96. The van der Waals surface area contributed by atoms with Crippen LogP contribution in [0, 0.1) is 13.8 Å². The zero-order valence-corrected chi connectivity index (χ0v) is 8.62. The monoisotopic (exact) mass is 189 g/mol. The Labute approximate surface area is 83.8 Å². The maximum absolute atomic E-state index is 8.92. The molecule has 0 spiro atoms. The first-order chi connectivity index (χ1) is 6.72. The van der Waals surface area contributed by atoms with Gasteiger partial charge < -0.3 is 9.67 Å². The van der Waals surface area contributed by atoms with Crippen molar-refractivity contribution >= 4 is 10.9 Å². The van der Waals surface area contributed by atoms with Crippen molar-refractivity contribution in [2.45, 2.75) is 20.4 Å². The predicted octanol–water partition coefficient (Wildman–Crippen LogP) is 2.25. The second-order valence-electron chi connectivity index (χ2n) is 3.75. The molecule has 0 aliphatic carbocycles. The molecule has 0 aliphatic rings. The summed E-state index contributed by atoms with van der Waals surface area (Å²) >= 11 is 0. The van der Waals surface area contributed by atoms with E-state index in [0.717, 1.165) is 0 Å². The summed E-state index contributed by atoms with van der Waals surface area (Å²) in [4.78, 5) is 0. The van der Waals surface area contributed by atoms with Gasteiger partial charge in [0.1, 0.15) is 0 Å². The number of rotatable bonds is 2. The van der Waals surface area contributed by atoms with Crippen molar-refractivity contribution in [3.05, 3.63) is 35.5 Å². The molecule has 14 heavy (non-hydrogen) atoms. The van der Waals surface area contributed by atoms with Gasteiger partial charge in [0.05, 0.1) is 6.61 Å². The zero-order valence-electron chi connectivity index (χ0n) is 8.62. The number of aliphatic hydroxyl groups is 1. The van der Waals surface area contributed by atoms with Crippen LogP contribution in [-0.2, 0) is 6.54 Å². The largest absolute Gasteiger partial charge is 0.395 e. The highest BCUT2D eigenvalue weighted by molar-refractivity contribution is 5.84. The summed E-state index contributed by atoms with van der Waals surface area (Å²) < 4.78 is 2.09. The molecule has 0 atom stereocenters. The van der Waals surface area contributed by atoms with Crippen molar-refractivity contribution in [3.63, 3.8) is 0 Å². The molecule has 0 saturated carbocycles. The van der Waals surface area contributed by atoms with Gasteiger partial charge in [-0.3, -0.25) is 0 Å². The number of hydrogen-bond acceptors (Lipinski definition) is 1. The van der Waals surface area contributed by atoms with Gasteiger partial charge in [-0.15, -0.1) is 0 Å². The smallest absolute Gasteiger partial charge is 0.0610 e. The standard InChI is InChI=1S/C12H15NO/c1-9-7-10(2)11-3-4-13(5-6-14)12(11)8-9/h3-4,7-8,14H,5-6H2,1-2H3. The lowest BCUT2D eigenvalue weighted by molar-refractivity contribution is 0.278. The third-order valence-corrected chi connectivity index (χ3v) is 2.58. The van der Waals surface area contributed by atoms with Gasteiger partial charge in [0.15, 0.2) is 0 Å². The van der Waals surface area contributed by atoms with Crippen LogP contribution in [0.25, 0.3) is 10.9 Å². The molecular weight excluding hydrogens is 174 g/mol. The van der Waals surface area contributed by atoms with E-state index in [9.17, 15) is 0 Å². The Bertz CT molecular complexity index is 457. The lowest BCUT2D eigenvalue weighted by Gasteiger charge is -2.04. The van der Waals surface area contributed by atoms with Gasteiger partial charge in [0.25, 0.3) is 0 Å². The van der Waals surface area contributed by atoms with Crippen LogP contribution >= 0.6 is 0 Å². The Morgan fingerprint density at radius 1 is 1.29 bits per heavy atom. The summed E-state index contributed by atoms with van der Waals surface area (Å²) in [5, 5.41) is 10.2. The maximum atomic E-state index is 8.92. The highest BCUT2D eigenvalue weighted by Crippen LogP contribution is 2.21. The van der Waals surface area contributed by atoms with Gasteiger partial charge in [-0.1, -0.05) is 6.07 Å². The number of aromatic nitrogens is 1. The summed E-state index contributed by atoms with van der Waals surface area (Å²) in [6.45, 7) is 5.09. The van der Waals surface area contributed by atoms with E-state index in [1.807, 2.05) is 6.20 Å². The van der Waals surface area contributed by atoms with E-state index in [2.05, 4.69) is 36.6 Å². The minimum atomic E-state index is 0.191. The van der Waals surface area contributed by atoms with Gasteiger partial charge in [-0.2, -0.15) is 0 Å². The van der Waals surface area contributed by atoms with Crippen molar-refractivity contribution in [1.82, 2.24) is 4.57 Å². The van der Waals surface area contributed by atoms with E-state index in [-0.39, 0.29) is 6.61 Å². The van der Waals surface area contributed by atoms with E-state index in [0.29, 0.717) is 6.54 Å². The fourth-order valence-corrected chi connectivity index (χ4v) is 1.96. The average molecular weight is 189 g/mol. The van der Waals surface area contributed by atoms with Gasteiger partial charge in [-0.25, -0.2) is 0 Å². The lowest BCUT2D eigenvalue weighted by Crippen LogP contribution is -1.99. The molecular formula is C12H15NO. The van der Waals surface area contributed by atoms with Crippen molar-refractivity contribution in [2.75, 3.05) is 6.61 Å².